The Morgan fingerprint density at radius 3 is 2.52 bits per heavy atom. The van der Waals surface area contributed by atoms with Gasteiger partial charge in [0.2, 0.25) is 0 Å². The van der Waals surface area contributed by atoms with Crippen LogP contribution in [0.25, 0.3) is 0 Å². The average molecular weight is 339 g/mol. The van der Waals surface area contributed by atoms with Crippen molar-refractivity contribution in [2.75, 3.05) is 37.7 Å². The lowest BCUT2D eigenvalue weighted by molar-refractivity contribution is 0.0746. The summed E-state index contributed by atoms with van der Waals surface area (Å²) in [6.07, 6.45) is 3.60. The van der Waals surface area contributed by atoms with Gasteiger partial charge < -0.3 is 14.5 Å². The molecule has 1 saturated heterocycles. The van der Waals surface area contributed by atoms with Crippen molar-refractivity contribution in [2.24, 2.45) is 5.92 Å². The zero-order valence-electron chi connectivity index (χ0n) is 14.9. The Hall–Kier alpha value is -2.56. The molecule has 25 heavy (non-hydrogen) atoms. The molecule has 1 aromatic carbocycles. The molecule has 0 aliphatic carbocycles. The van der Waals surface area contributed by atoms with Gasteiger partial charge in [-0.3, -0.25) is 9.78 Å². The number of anilines is 1. The zero-order valence-corrected chi connectivity index (χ0v) is 14.9. The van der Waals surface area contributed by atoms with Crippen LogP contribution in [0.5, 0.6) is 5.75 Å². The standard InChI is InChI=1S/C20H25N3O2/c1-16(2)15-25-19-5-3-4-17(14-19)20(24)23-12-10-22(11-13-23)18-6-8-21-9-7-18/h3-9,14,16H,10-13,15H2,1-2H3. The van der Waals surface area contributed by atoms with Gasteiger partial charge in [0.1, 0.15) is 5.75 Å². The van der Waals surface area contributed by atoms with Gasteiger partial charge in [-0.1, -0.05) is 19.9 Å². The van der Waals surface area contributed by atoms with Crippen LogP contribution in [0.4, 0.5) is 5.69 Å². The van der Waals surface area contributed by atoms with Crippen LogP contribution in [0.2, 0.25) is 0 Å². The molecule has 0 radical (unpaired) electrons. The van der Waals surface area contributed by atoms with Crippen LogP contribution in [-0.4, -0.2) is 48.6 Å². The first-order valence-corrected chi connectivity index (χ1v) is 8.80. The molecule has 0 atom stereocenters. The second-order valence-electron chi connectivity index (χ2n) is 6.72. The molecule has 5 heteroatoms. The maximum absolute atomic E-state index is 12.8. The third-order valence-corrected chi connectivity index (χ3v) is 4.26. The maximum Gasteiger partial charge on any atom is 0.254 e. The van der Waals surface area contributed by atoms with E-state index in [0.717, 1.165) is 37.6 Å². The predicted octanol–water partition coefficient (Wildman–Crippen LogP) is 3.08. The Bertz CT molecular complexity index is 695. The van der Waals surface area contributed by atoms with Crippen molar-refractivity contribution in [2.45, 2.75) is 13.8 Å². The van der Waals surface area contributed by atoms with Crippen molar-refractivity contribution in [3.63, 3.8) is 0 Å². The minimum absolute atomic E-state index is 0.0735. The number of aromatic nitrogens is 1. The highest BCUT2D eigenvalue weighted by atomic mass is 16.5. The fourth-order valence-electron chi connectivity index (χ4n) is 2.89. The number of carbonyl (C=O) groups excluding carboxylic acids is 1. The van der Waals surface area contributed by atoms with Gasteiger partial charge >= 0.3 is 0 Å². The molecule has 0 unspecified atom stereocenters. The zero-order chi connectivity index (χ0) is 17.6. The van der Waals surface area contributed by atoms with Crippen molar-refractivity contribution in [1.82, 2.24) is 9.88 Å². The Balaban J connectivity index is 1.60. The lowest BCUT2D eigenvalue weighted by Crippen LogP contribution is -2.48. The highest BCUT2D eigenvalue weighted by Crippen LogP contribution is 2.19. The summed E-state index contributed by atoms with van der Waals surface area (Å²) in [5.41, 5.74) is 1.85. The average Bonchev–Trinajstić information content (AvgIpc) is 2.67. The van der Waals surface area contributed by atoms with Gasteiger partial charge in [0.15, 0.2) is 0 Å². The number of piperazine rings is 1. The number of benzene rings is 1. The first-order chi connectivity index (χ1) is 12.1. The summed E-state index contributed by atoms with van der Waals surface area (Å²) in [7, 11) is 0. The summed E-state index contributed by atoms with van der Waals surface area (Å²) < 4.78 is 5.74. The molecule has 3 rings (SSSR count). The van der Waals surface area contributed by atoms with E-state index < -0.39 is 0 Å². The summed E-state index contributed by atoms with van der Waals surface area (Å²) in [5, 5.41) is 0. The van der Waals surface area contributed by atoms with Crippen molar-refractivity contribution in [1.29, 1.82) is 0 Å². The third-order valence-electron chi connectivity index (χ3n) is 4.26. The fourth-order valence-corrected chi connectivity index (χ4v) is 2.89. The van der Waals surface area contributed by atoms with Crippen LogP contribution in [0.15, 0.2) is 48.8 Å². The molecule has 1 amide bonds. The summed E-state index contributed by atoms with van der Waals surface area (Å²) in [5.74, 6) is 1.29. The Morgan fingerprint density at radius 1 is 1.12 bits per heavy atom. The van der Waals surface area contributed by atoms with Crippen LogP contribution < -0.4 is 9.64 Å². The topological polar surface area (TPSA) is 45.7 Å². The molecular formula is C20H25N3O2. The van der Waals surface area contributed by atoms with Crippen LogP contribution >= 0.6 is 0 Å². The van der Waals surface area contributed by atoms with Crippen LogP contribution in [-0.2, 0) is 0 Å². The number of hydrogen-bond acceptors (Lipinski definition) is 4. The molecule has 0 N–H and O–H groups in total. The molecule has 2 heterocycles. The van der Waals surface area contributed by atoms with Gasteiger partial charge in [-0.2, -0.15) is 0 Å². The van der Waals surface area contributed by atoms with Crippen LogP contribution in [0.3, 0.4) is 0 Å². The molecule has 0 spiro atoms. The normalized spacial score (nSPS) is 14.7. The van der Waals surface area contributed by atoms with E-state index in [0.29, 0.717) is 18.1 Å². The lowest BCUT2D eigenvalue weighted by Gasteiger charge is -2.36. The van der Waals surface area contributed by atoms with Gasteiger partial charge in [0, 0.05) is 49.8 Å². The molecular weight excluding hydrogens is 314 g/mol. The number of pyridine rings is 1. The maximum atomic E-state index is 12.8. The number of ether oxygens (including phenoxy) is 1. The van der Waals surface area contributed by atoms with E-state index in [1.165, 1.54) is 0 Å². The number of hydrogen-bond donors (Lipinski definition) is 0. The van der Waals surface area contributed by atoms with Crippen molar-refractivity contribution in [3.05, 3.63) is 54.4 Å². The SMILES string of the molecule is CC(C)COc1cccc(C(=O)N2CCN(c3ccncc3)CC2)c1. The second kappa shape index (κ2) is 8.01. The fraction of sp³-hybridized carbons (Fsp3) is 0.400. The Labute approximate surface area is 149 Å². The smallest absolute Gasteiger partial charge is 0.254 e. The molecule has 1 aliphatic heterocycles. The van der Waals surface area contributed by atoms with E-state index in [1.54, 1.807) is 12.4 Å². The molecule has 2 aromatic rings. The van der Waals surface area contributed by atoms with Gasteiger partial charge in [-0.15, -0.1) is 0 Å². The predicted molar refractivity (Wildman–Crippen MR) is 99.1 cm³/mol. The number of carbonyl (C=O) groups is 1. The minimum Gasteiger partial charge on any atom is -0.493 e. The summed E-state index contributed by atoms with van der Waals surface area (Å²) in [6, 6.07) is 11.5. The first kappa shape index (κ1) is 17.3. The van der Waals surface area contributed by atoms with E-state index in [4.69, 9.17) is 4.74 Å². The van der Waals surface area contributed by atoms with Crippen molar-refractivity contribution >= 4 is 11.6 Å². The molecule has 0 saturated carbocycles. The summed E-state index contributed by atoms with van der Waals surface area (Å²) in [4.78, 5) is 21.0. The first-order valence-electron chi connectivity index (χ1n) is 8.80. The van der Waals surface area contributed by atoms with E-state index >= 15 is 0 Å². The summed E-state index contributed by atoms with van der Waals surface area (Å²) >= 11 is 0. The Morgan fingerprint density at radius 2 is 1.84 bits per heavy atom. The van der Waals surface area contributed by atoms with Crippen molar-refractivity contribution < 1.29 is 9.53 Å². The van der Waals surface area contributed by atoms with Gasteiger partial charge in [-0.05, 0) is 36.2 Å². The third kappa shape index (κ3) is 4.50. The molecule has 1 aliphatic rings. The van der Waals surface area contributed by atoms with Gasteiger partial charge in [0.05, 0.1) is 6.61 Å². The van der Waals surface area contributed by atoms with E-state index in [2.05, 4.69) is 23.7 Å². The molecule has 1 fully saturated rings. The van der Waals surface area contributed by atoms with Gasteiger partial charge in [0.25, 0.3) is 5.91 Å². The van der Waals surface area contributed by atoms with Gasteiger partial charge in [-0.25, -0.2) is 0 Å². The minimum atomic E-state index is 0.0735. The quantitative estimate of drug-likeness (QED) is 0.840. The monoisotopic (exact) mass is 339 g/mol. The van der Waals surface area contributed by atoms with E-state index in [-0.39, 0.29) is 5.91 Å². The molecule has 132 valence electrons. The van der Waals surface area contributed by atoms with Crippen molar-refractivity contribution in [3.8, 4) is 5.75 Å². The van der Waals surface area contributed by atoms with E-state index in [9.17, 15) is 4.79 Å². The molecule has 1 aromatic heterocycles. The summed E-state index contributed by atoms with van der Waals surface area (Å²) in [6.45, 7) is 7.98. The largest absolute Gasteiger partial charge is 0.493 e. The highest BCUT2D eigenvalue weighted by molar-refractivity contribution is 5.94. The molecule has 5 nitrogen and oxygen atoms in total. The molecule has 0 bridgehead atoms. The highest BCUT2D eigenvalue weighted by Gasteiger charge is 2.22. The Kier molecular flexibility index (Phi) is 5.53. The number of nitrogens with zero attached hydrogens (tertiary/aromatic N) is 3. The second-order valence-corrected chi connectivity index (χ2v) is 6.72. The lowest BCUT2D eigenvalue weighted by atomic mass is 10.1. The number of amides is 1. The van der Waals surface area contributed by atoms with Crippen LogP contribution in [0.1, 0.15) is 24.2 Å². The number of rotatable bonds is 5. The van der Waals surface area contributed by atoms with Crippen LogP contribution in [0, 0.1) is 5.92 Å². The van der Waals surface area contributed by atoms with E-state index in [1.807, 2.05) is 41.3 Å².